The normalized spacial score (nSPS) is 19.7. The minimum absolute atomic E-state index is 0.0959. The predicted molar refractivity (Wildman–Crippen MR) is 135 cm³/mol. The average Bonchev–Trinajstić information content (AvgIpc) is 2.89. The van der Waals surface area contributed by atoms with Gasteiger partial charge in [-0.2, -0.15) is 0 Å². The van der Waals surface area contributed by atoms with E-state index in [1.165, 1.54) is 0 Å². The van der Waals surface area contributed by atoms with Gasteiger partial charge < -0.3 is 14.5 Å². The van der Waals surface area contributed by atoms with Gasteiger partial charge in [0.15, 0.2) is 0 Å². The van der Waals surface area contributed by atoms with Crippen LogP contribution in [0, 0.1) is 5.92 Å². The lowest BCUT2D eigenvalue weighted by molar-refractivity contribution is -0.137. The molecule has 34 heavy (non-hydrogen) atoms. The molecule has 0 N–H and O–H groups in total. The molecule has 2 saturated heterocycles. The standard InChI is InChI=1S/C26H35N3O4S/c1-33-25-13-11-24(12-14-25)27-16-18-28(19-17-27)26(30)23-10-5-15-29(21-23)34(31,32)20-6-9-22-7-3-2-4-8-22/h2-4,7-8,11-14,23H,5-6,9-10,15-21H2,1H3/t23-/m1/s1. The molecule has 184 valence electrons. The number of piperidine rings is 1. The second kappa shape index (κ2) is 11.2. The number of piperazine rings is 1. The van der Waals surface area contributed by atoms with Gasteiger partial charge >= 0.3 is 0 Å². The highest BCUT2D eigenvalue weighted by Gasteiger charge is 2.35. The number of methoxy groups -OCH3 is 1. The van der Waals surface area contributed by atoms with Crippen LogP contribution in [-0.2, 0) is 21.2 Å². The van der Waals surface area contributed by atoms with Crippen LogP contribution in [0.5, 0.6) is 5.75 Å². The fraction of sp³-hybridized carbons (Fsp3) is 0.500. The van der Waals surface area contributed by atoms with Gasteiger partial charge in [0.1, 0.15) is 5.75 Å². The molecule has 2 heterocycles. The van der Waals surface area contributed by atoms with Crippen LogP contribution in [-0.4, -0.2) is 75.7 Å². The fourth-order valence-electron chi connectivity index (χ4n) is 4.87. The average molecular weight is 486 g/mol. The van der Waals surface area contributed by atoms with Gasteiger partial charge in [0.25, 0.3) is 0 Å². The van der Waals surface area contributed by atoms with Crippen LogP contribution in [0.3, 0.4) is 0 Å². The molecule has 7 nitrogen and oxygen atoms in total. The van der Waals surface area contributed by atoms with Gasteiger partial charge in [0.05, 0.1) is 18.8 Å². The van der Waals surface area contributed by atoms with E-state index in [-0.39, 0.29) is 17.6 Å². The summed E-state index contributed by atoms with van der Waals surface area (Å²) in [5.41, 5.74) is 2.27. The summed E-state index contributed by atoms with van der Waals surface area (Å²) < 4.78 is 32.7. The van der Waals surface area contributed by atoms with Crippen molar-refractivity contribution in [2.75, 3.05) is 57.0 Å². The summed E-state index contributed by atoms with van der Waals surface area (Å²) in [6.45, 7) is 3.68. The Balaban J connectivity index is 1.27. The zero-order valence-corrected chi connectivity index (χ0v) is 20.8. The summed E-state index contributed by atoms with van der Waals surface area (Å²) in [6, 6.07) is 17.9. The Kier molecular flexibility index (Phi) is 8.11. The third-order valence-corrected chi connectivity index (χ3v) is 8.79. The topological polar surface area (TPSA) is 70.2 Å². The minimum Gasteiger partial charge on any atom is -0.497 e. The van der Waals surface area contributed by atoms with Crippen LogP contribution in [0.15, 0.2) is 54.6 Å². The molecule has 1 amide bonds. The van der Waals surface area contributed by atoms with E-state index in [2.05, 4.69) is 4.90 Å². The van der Waals surface area contributed by atoms with E-state index in [0.29, 0.717) is 32.6 Å². The predicted octanol–water partition coefficient (Wildman–Crippen LogP) is 3.02. The van der Waals surface area contributed by atoms with Gasteiger partial charge in [-0.05, 0) is 55.5 Å². The van der Waals surface area contributed by atoms with Crippen LogP contribution in [0.1, 0.15) is 24.8 Å². The SMILES string of the molecule is COc1ccc(N2CCN(C(=O)[C@@H]3CCCN(S(=O)(=O)CCCc4ccccc4)C3)CC2)cc1. The number of amides is 1. The second-order valence-corrected chi connectivity index (χ2v) is 11.2. The first-order valence-electron chi connectivity index (χ1n) is 12.2. The van der Waals surface area contributed by atoms with Crippen LogP contribution in [0.2, 0.25) is 0 Å². The molecular formula is C26H35N3O4S. The lowest BCUT2D eigenvalue weighted by Crippen LogP contribution is -2.53. The summed E-state index contributed by atoms with van der Waals surface area (Å²) in [7, 11) is -1.70. The molecule has 0 saturated carbocycles. The van der Waals surface area contributed by atoms with E-state index >= 15 is 0 Å². The van der Waals surface area contributed by atoms with Gasteiger partial charge in [-0.15, -0.1) is 0 Å². The summed E-state index contributed by atoms with van der Waals surface area (Å²) in [6.07, 6.45) is 2.83. The molecule has 0 radical (unpaired) electrons. The molecule has 2 fully saturated rings. The van der Waals surface area contributed by atoms with Crippen LogP contribution in [0.25, 0.3) is 0 Å². The molecule has 2 aliphatic rings. The number of carbonyl (C=O) groups excluding carboxylic acids is 1. The van der Waals surface area contributed by atoms with E-state index in [0.717, 1.165) is 49.4 Å². The molecule has 2 aliphatic heterocycles. The van der Waals surface area contributed by atoms with E-state index in [4.69, 9.17) is 4.74 Å². The maximum absolute atomic E-state index is 13.2. The largest absolute Gasteiger partial charge is 0.497 e. The highest BCUT2D eigenvalue weighted by Crippen LogP contribution is 2.24. The third kappa shape index (κ3) is 6.10. The summed E-state index contributed by atoms with van der Waals surface area (Å²) in [5.74, 6) is 0.807. The van der Waals surface area contributed by atoms with Crippen molar-refractivity contribution in [1.29, 1.82) is 0 Å². The fourth-order valence-corrected chi connectivity index (χ4v) is 6.45. The van der Waals surface area contributed by atoms with Crippen molar-refractivity contribution in [2.24, 2.45) is 5.92 Å². The molecule has 4 rings (SSSR count). The number of anilines is 1. The molecule has 2 aromatic rings. The lowest BCUT2D eigenvalue weighted by atomic mass is 9.97. The molecular weight excluding hydrogens is 450 g/mol. The molecule has 8 heteroatoms. The van der Waals surface area contributed by atoms with E-state index in [1.807, 2.05) is 59.5 Å². The van der Waals surface area contributed by atoms with Crippen molar-refractivity contribution in [3.63, 3.8) is 0 Å². The Morgan fingerprint density at radius 3 is 2.35 bits per heavy atom. The molecule has 0 unspecified atom stereocenters. The second-order valence-electron chi connectivity index (χ2n) is 9.11. The van der Waals surface area contributed by atoms with Gasteiger partial charge in [-0.25, -0.2) is 12.7 Å². The zero-order chi connectivity index (χ0) is 24.0. The third-order valence-electron chi connectivity index (χ3n) is 6.87. The molecule has 2 aromatic carbocycles. The first kappa shape index (κ1) is 24.5. The summed E-state index contributed by atoms with van der Waals surface area (Å²) in [5, 5.41) is 0. The number of benzene rings is 2. The molecule has 0 spiro atoms. The van der Waals surface area contributed by atoms with Crippen molar-refractivity contribution in [2.45, 2.75) is 25.7 Å². The first-order chi connectivity index (χ1) is 16.5. The highest BCUT2D eigenvalue weighted by molar-refractivity contribution is 7.89. The van der Waals surface area contributed by atoms with E-state index in [1.54, 1.807) is 11.4 Å². The number of hydrogen-bond acceptors (Lipinski definition) is 5. The zero-order valence-electron chi connectivity index (χ0n) is 19.9. The maximum atomic E-state index is 13.2. The van der Waals surface area contributed by atoms with Gasteiger partial charge in [0.2, 0.25) is 15.9 Å². The Labute approximate surface area is 203 Å². The first-order valence-corrected chi connectivity index (χ1v) is 13.8. The van der Waals surface area contributed by atoms with Crippen molar-refractivity contribution in [3.05, 3.63) is 60.2 Å². The van der Waals surface area contributed by atoms with Crippen LogP contribution >= 0.6 is 0 Å². The number of rotatable bonds is 8. The Morgan fingerprint density at radius 2 is 1.68 bits per heavy atom. The quantitative estimate of drug-likeness (QED) is 0.575. The number of nitrogens with zero attached hydrogens (tertiary/aromatic N) is 3. The van der Waals surface area contributed by atoms with E-state index < -0.39 is 10.0 Å². The van der Waals surface area contributed by atoms with Crippen molar-refractivity contribution in [3.8, 4) is 5.75 Å². The highest BCUT2D eigenvalue weighted by atomic mass is 32.2. The van der Waals surface area contributed by atoms with Crippen molar-refractivity contribution in [1.82, 2.24) is 9.21 Å². The Bertz CT molecular complexity index is 1040. The molecule has 0 aromatic heterocycles. The number of hydrogen-bond donors (Lipinski definition) is 0. The number of sulfonamides is 1. The Morgan fingerprint density at radius 1 is 0.971 bits per heavy atom. The summed E-state index contributed by atoms with van der Waals surface area (Å²) in [4.78, 5) is 17.4. The van der Waals surface area contributed by atoms with Gasteiger partial charge in [-0.3, -0.25) is 4.79 Å². The lowest BCUT2D eigenvalue weighted by Gasteiger charge is -2.39. The van der Waals surface area contributed by atoms with Gasteiger partial charge in [0, 0.05) is 45.0 Å². The number of ether oxygens (including phenoxy) is 1. The van der Waals surface area contributed by atoms with Crippen molar-refractivity contribution >= 4 is 21.6 Å². The Hall–Kier alpha value is -2.58. The minimum atomic E-state index is -3.36. The maximum Gasteiger partial charge on any atom is 0.227 e. The number of aryl methyl sites for hydroxylation is 1. The van der Waals surface area contributed by atoms with Gasteiger partial charge in [-0.1, -0.05) is 30.3 Å². The summed E-state index contributed by atoms with van der Waals surface area (Å²) >= 11 is 0. The monoisotopic (exact) mass is 485 g/mol. The number of carbonyl (C=O) groups is 1. The molecule has 0 bridgehead atoms. The van der Waals surface area contributed by atoms with Crippen LogP contribution in [0.4, 0.5) is 5.69 Å². The van der Waals surface area contributed by atoms with Crippen LogP contribution < -0.4 is 9.64 Å². The van der Waals surface area contributed by atoms with E-state index in [9.17, 15) is 13.2 Å². The smallest absolute Gasteiger partial charge is 0.227 e. The van der Waals surface area contributed by atoms with Crippen molar-refractivity contribution < 1.29 is 17.9 Å². The molecule has 1 atom stereocenters. The molecule has 0 aliphatic carbocycles.